The van der Waals surface area contributed by atoms with Crippen molar-refractivity contribution in [3.8, 4) is 6.07 Å². The highest BCUT2D eigenvalue weighted by Crippen LogP contribution is 2.25. The number of nitrogens with two attached hydrogens (primary N) is 1. The summed E-state index contributed by atoms with van der Waals surface area (Å²) in [5.41, 5.74) is 7.19. The molecule has 0 saturated heterocycles. The Labute approximate surface area is 108 Å². The van der Waals surface area contributed by atoms with Gasteiger partial charge in [-0.2, -0.15) is 5.26 Å². The lowest BCUT2D eigenvalue weighted by Gasteiger charge is -2.31. The van der Waals surface area contributed by atoms with Gasteiger partial charge in [0.15, 0.2) is 0 Å². The molecule has 0 aromatic heterocycles. The van der Waals surface area contributed by atoms with E-state index in [1.54, 1.807) is 12.1 Å². The van der Waals surface area contributed by atoms with Gasteiger partial charge >= 0.3 is 0 Å². The lowest BCUT2D eigenvalue weighted by Crippen LogP contribution is -2.40. The fourth-order valence-corrected chi connectivity index (χ4v) is 1.75. The van der Waals surface area contributed by atoms with Crippen molar-refractivity contribution < 1.29 is 0 Å². The van der Waals surface area contributed by atoms with E-state index in [0.717, 1.165) is 5.69 Å². The first-order valence-corrected chi connectivity index (χ1v) is 5.92. The summed E-state index contributed by atoms with van der Waals surface area (Å²) in [6.07, 6.45) is 0. The van der Waals surface area contributed by atoms with Gasteiger partial charge < -0.3 is 11.1 Å². The Hall–Kier alpha value is -1.24. The third-order valence-electron chi connectivity index (χ3n) is 2.71. The standard InChI is InChI=1S/C13H18ClN3/c1-13(2,3)12(8-16)17-10-5-4-9(7-15)11(14)6-10/h4-6,12,17H,8,16H2,1-3H3. The van der Waals surface area contributed by atoms with Crippen molar-refractivity contribution in [2.24, 2.45) is 11.1 Å². The minimum Gasteiger partial charge on any atom is -0.380 e. The van der Waals surface area contributed by atoms with Crippen molar-refractivity contribution >= 4 is 17.3 Å². The van der Waals surface area contributed by atoms with Gasteiger partial charge in [0, 0.05) is 18.3 Å². The van der Waals surface area contributed by atoms with Gasteiger partial charge in [0.25, 0.3) is 0 Å². The predicted octanol–water partition coefficient (Wildman–Crippen LogP) is 3.00. The Bertz CT molecular complexity index is 429. The number of hydrogen-bond acceptors (Lipinski definition) is 3. The van der Waals surface area contributed by atoms with Crippen LogP contribution in [-0.4, -0.2) is 12.6 Å². The van der Waals surface area contributed by atoms with E-state index in [1.165, 1.54) is 0 Å². The van der Waals surface area contributed by atoms with Crippen LogP contribution in [0.3, 0.4) is 0 Å². The number of benzene rings is 1. The quantitative estimate of drug-likeness (QED) is 0.868. The van der Waals surface area contributed by atoms with Crippen LogP contribution in [0.2, 0.25) is 5.02 Å². The van der Waals surface area contributed by atoms with Crippen LogP contribution in [0.1, 0.15) is 26.3 Å². The smallest absolute Gasteiger partial charge is 0.101 e. The van der Waals surface area contributed by atoms with Crippen LogP contribution in [0, 0.1) is 16.7 Å². The summed E-state index contributed by atoms with van der Waals surface area (Å²) in [5.74, 6) is 0. The van der Waals surface area contributed by atoms with Crippen LogP contribution in [0.4, 0.5) is 5.69 Å². The number of hydrogen-bond donors (Lipinski definition) is 2. The molecule has 3 N–H and O–H groups in total. The van der Waals surface area contributed by atoms with Crippen molar-refractivity contribution in [2.45, 2.75) is 26.8 Å². The molecule has 0 bridgehead atoms. The SMILES string of the molecule is CC(C)(C)C(CN)Nc1ccc(C#N)c(Cl)c1. The first kappa shape index (κ1) is 13.8. The molecule has 3 nitrogen and oxygen atoms in total. The maximum atomic E-state index is 8.79. The Kier molecular flexibility index (Phi) is 4.39. The van der Waals surface area contributed by atoms with Gasteiger partial charge in [0.1, 0.15) is 6.07 Å². The summed E-state index contributed by atoms with van der Waals surface area (Å²) in [4.78, 5) is 0. The Balaban J connectivity index is 2.89. The summed E-state index contributed by atoms with van der Waals surface area (Å²) < 4.78 is 0. The van der Waals surface area contributed by atoms with E-state index in [9.17, 15) is 0 Å². The summed E-state index contributed by atoms with van der Waals surface area (Å²) in [6, 6.07) is 7.51. The number of anilines is 1. The fraction of sp³-hybridized carbons (Fsp3) is 0.462. The molecule has 1 aromatic rings. The highest BCUT2D eigenvalue weighted by Gasteiger charge is 2.23. The molecular formula is C13H18ClN3. The minimum atomic E-state index is 0.0646. The molecule has 0 aliphatic carbocycles. The molecule has 1 unspecified atom stereocenters. The van der Waals surface area contributed by atoms with Gasteiger partial charge in [-0.25, -0.2) is 0 Å². The lowest BCUT2D eigenvalue weighted by molar-refractivity contribution is 0.346. The van der Waals surface area contributed by atoms with Crippen LogP contribution in [0.25, 0.3) is 0 Å². The van der Waals surface area contributed by atoms with Crippen LogP contribution in [0.15, 0.2) is 18.2 Å². The Morgan fingerprint density at radius 3 is 2.53 bits per heavy atom. The van der Waals surface area contributed by atoms with Crippen molar-refractivity contribution in [3.63, 3.8) is 0 Å². The number of halogens is 1. The van der Waals surface area contributed by atoms with Gasteiger partial charge in [0.2, 0.25) is 0 Å². The number of nitriles is 1. The van der Waals surface area contributed by atoms with E-state index in [0.29, 0.717) is 17.1 Å². The highest BCUT2D eigenvalue weighted by molar-refractivity contribution is 6.32. The average Bonchev–Trinajstić information content (AvgIpc) is 2.24. The third kappa shape index (κ3) is 3.62. The molecule has 92 valence electrons. The molecule has 1 atom stereocenters. The molecule has 0 amide bonds. The van der Waals surface area contributed by atoms with E-state index in [2.05, 4.69) is 26.1 Å². The topological polar surface area (TPSA) is 61.8 Å². The number of nitrogens with zero attached hydrogens (tertiary/aromatic N) is 1. The molecule has 0 heterocycles. The van der Waals surface area contributed by atoms with Gasteiger partial charge in [-0.3, -0.25) is 0 Å². The first-order chi connectivity index (χ1) is 7.88. The summed E-state index contributed by atoms with van der Waals surface area (Å²) >= 11 is 5.98. The molecule has 0 aliphatic rings. The molecule has 4 heteroatoms. The zero-order valence-corrected chi connectivity index (χ0v) is 11.2. The summed E-state index contributed by atoms with van der Waals surface area (Å²) in [6.45, 7) is 6.93. The molecule has 1 rings (SSSR count). The van der Waals surface area contributed by atoms with Gasteiger partial charge in [-0.1, -0.05) is 32.4 Å². The zero-order valence-electron chi connectivity index (χ0n) is 10.4. The van der Waals surface area contributed by atoms with E-state index in [-0.39, 0.29) is 11.5 Å². The summed E-state index contributed by atoms with van der Waals surface area (Å²) in [7, 11) is 0. The maximum absolute atomic E-state index is 8.79. The molecule has 0 spiro atoms. The molecule has 1 aromatic carbocycles. The molecular weight excluding hydrogens is 234 g/mol. The van der Waals surface area contributed by atoms with Crippen LogP contribution >= 0.6 is 11.6 Å². The second kappa shape index (κ2) is 5.39. The van der Waals surface area contributed by atoms with Gasteiger partial charge in [0.05, 0.1) is 10.6 Å². The van der Waals surface area contributed by atoms with E-state index >= 15 is 0 Å². The molecule has 0 saturated carbocycles. The molecule has 0 fully saturated rings. The van der Waals surface area contributed by atoms with Crippen molar-refractivity contribution in [1.82, 2.24) is 0 Å². The summed E-state index contributed by atoms with van der Waals surface area (Å²) in [5, 5.41) is 12.6. The van der Waals surface area contributed by atoms with Crippen molar-refractivity contribution in [1.29, 1.82) is 5.26 Å². The Morgan fingerprint density at radius 1 is 1.47 bits per heavy atom. The van der Waals surface area contributed by atoms with E-state index in [4.69, 9.17) is 22.6 Å². The number of rotatable bonds is 3. The lowest BCUT2D eigenvalue weighted by atomic mass is 9.86. The van der Waals surface area contributed by atoms with Gasteiger partial charge in [-0.15, -0.1) is 0 Å². The first-order valence-electron chi connectivity index (χ1n) is 5.54. The van der Waals surface area contributed by atoms with Crippen LogP contribution < -0.4 is 11.1 Å². The van der Waals surface area contributed by atoms with Crippen molar-refractivity contribution in [2.75, 3.05) is 11.9 Å². The highest BCUT2D eigenvalue weighted by atomic mass is 35.5. The monoisotopic (exact) mass is 251 g/mol. The predicted molar refractivity (Wildman–Crippen MR) is 72.1 cm³/mol. The molecule has 0 radical (unpaired) electrons. The van der Waals surface area contributed by atoms with E-state index < -0.39 is 0 Å². The minimum absolute atomic E-state index is 0.0646. The maximum Gasteiger partial charge on any atom is 0.101 e. The second-order valence-corrected chi connectivity index (χ2v) is 5.51. The fourth-order valence-electron chi connectivity index (χ4n) is 1.53. The van der Waals surface area contributed by atoms with E-state index in [1.807, 2.05) is 12.1 Å². The normalized spacial score (nSPS) is 12.9. The van der Waals surface area contributed by atoms with Gasteiger partial charge in [-0.05, 0) is 23.6 Å². The largest absolute Gasteiger partial charge is 0.380 e. The average molecular weight is 252 g/mol. The Morgan fingerprint density at radius 2 is 2.12 bits per heavy atom. The van der Waals surface area contributed by atoms with Crippen LogP contribution in [0.5, 0.6) is 0 Å². The number of nitrogens with one attached hydrogen (secondary N) is 1. The molecule has 0 aliphatic heterocycles. The zero-order chi connectivity index (χ0) is 13.1. The van der Waals surface area contributed by atoms with Crippen LogP contribution in [-0.2, 0) is 0 Å². The molecule has 17 heavy (non-hydrogen) atoms. The third-order valence-corrected chi connectivity index (χ3v) is 3.02. The van der Waals surface area contributed by atoms with Crippen molar-refractivity contribution in [3.05, 3.63) is 28.8 Å². The second-order valence-electron chi connectivity index (χ2n) is 5.11.